The number of pyridine rings is 1. The van der Waals surface area contributed by atoms with Crippen LogP contribution in [0.2, 0.25) is 0 Å². The third-order valence-corrected chi connectivity index (χ3v) is 4.31. The molecule has 9 heteroatoms. The largest absolute Gasteiger partial charge is 0.352 e. The molecule has 0 aromatic carbocycles. The number of carbonyl (C=O) groups excluding carboxylic acids is 2. The fourth-order valence-electron chi connectivity index (χ4n) is 2.32. The Balaban J connectivity index is 1.42. The van der Waals surface area contributed by atoms with Crippen molar-refractivity contribution in [3.63, 3.8) is 0 Å². The van der Waals surface area contributed by atoms with Crippen molar-refractivity contribution in [1.29, 1.82) is 0 Å². The first-order chi connectivity index (χ1) is 12.7. The number of hydrogen-bond acceptors (Lipinski definition) is 6. The van der Waals surface area contributed by atoms with Gasteiger partial charge in [-0.1, -0.05) is 6.07 Å². The molecule has 3 heterocycles. The Morgan fingerprint density at radius 1 is 1.23 bits per heavy atom. The average molecular weight is 370 g/mol. The summed E-state index contributed by atoms with van der Waals surface area (Å²) >= 11 is 1.48. The zero-order valence-corrected chi connectivity index (χ0v) is 14.8. The van der Waals surface area contributed by atoms with Crippen molar-refractivity contribution in [3.8, 4) is 5.82 Å². The van der Waals surface area contributed by atoms with Crippen LogP contribution in [0.5, 0.6) is 0 Å². The Labute approximate surface area is 154 Å². The fraction of sp³-hybridized carbons (Fsp3) is 0.235. The van der Waals surface area contributed by atoms with Gasteiger partial charge in [-0.25, -0.2) is 14.6 Å². The van der Waals surface area contributed by atoms with Crippen molar-refractivity contribution >= 4 is 23.2 Å². The Morgan fingerprint density at radius 3 is 2.92 bits per heavy atom. The minimum absolute atomic E-state index is 0.0804. The van der Waals surface area contributed by atoms with Crippen LogP contribution in [0.4, 0.5) is 0 Å². The second-order valence-electron chi connectivity index (χ2n) is 5.47. The van der Waals surface area contributed by atoms with Gasteiger partial charge in [0.15, 0.2) is 5.82 Å². The maximum atomic E-state index is 12.0. The normalized spacial score (nSPS) is 10.5. The van der Waals surface area contributed by atoms with Gasteiger partial charge < -0.3 is 10.6 Å². The predicted molar refractivity (Wildman–Crippen MR) is 96.9 cm³/mol. The monoisotopic (exact) mass is 370 g/mol. The minimum atomic E-state index is -0.112. The molecule has 3 aromatic rings. The summed E-state index contributed by atoms with van der Waals surface area (Å²) in [7, 11) is 0. The SMILES string of the molecule is O=C(CCCNC(=O)c1ccsc1)NCc1cccnc1-n1cncn1. The molecule has 8 nitrogen and oxygen atoms in total. The third-order valence-electron chi connectivity index (χ3n) is 3.63. The summed E-state index contributed by atoms with van der Waals surface area (Å²) in [5.74, 6) is 0.441. The standard InChI is InChI=1S/C17H18N6O2S/c24-15(4-2-7-20-17(25)14-5-8-26-10-14)21-9-13-3-1-6-19-16(13)23-12-18-11-22-23/h1,3,5-6,8,10-12H,2,4,7,9H2,(H,20,25)(H,21,24). The molecule has 2 amide bonds. The molecule has 0 spiro atoms. The fourth-order valence-corrected chi connectivity index (χ4v) is 2.96. The molecule has 0 fully saturated rings. The van der Waals surface area contributed by atoms with E-state index in [2.05, 4.69) is 25.7 Å². The number of aromatic nitrogens is 4. The molecular weight excluding hydrogens is 352 g/mol. The van der Waals surface area contributed by atoms with E-state index in [9.17, 15) is 9.59 Å². The first-order valence-corrected chi connectivity index (χ1v) is 9.04. The van der Waals surface area contributed by atoms with Gasteiger partial charge in [0.2, 0.25) is 5.91 Å². The zero-order valence-electron chi connectivity index (χ0n) is 14.0. The van der Waals surface area contributed by atoms with Crippen LogP contribution in [-0.4, -0.2) is 38.1 Å². The van der Waals surface area contributed by atoms with Crippen LogP contribution < -0.4 is 10.6 Å². The highest BCUT2D eigenvalue weighted by Gasteiger charge is 2.09. The summed E-state index contributed by atoms with van der Waals surface area (Å²) in [5.41, 5.74) is 1.49. The van der Waals surface area contributed by atoms with E-state index in [1.165, 1.54) is 17.7 Å². The maximum Gasteiger partial charge on any atom is 0.252 e. The van der Waals surface area contributed by atoms with Crippen molar-refractivity contribution in [3.05, 3.63) is 58.9 Å². The Morgan fingerprint density at radius 2 is 2.15 bits per heavy atom. The van der Waals surface area contributed by atoms with Gasteiger partial charge >= 0.3 is 0 Å². The average Bonchev–Trinajstić information content (AvgIpc) is 3.37. The van der Waals surface area contributed by atoms with Gasteiger partial charge in [0.1, 0.15) is 12.7 Å². The number of carbonyl (C=O) groups is 2. The summed E-state index contributed by atoms with van der Waals surface area (Å²) in [4.78, 5) is 32.0. The van der Waals surface area contributed by atoms with Crippen molar-refractivity contribution in [1.82, 2.24) is 30.4 Å². The van der Waals surface area contributed by atoms with E-state index in [0.29, 0.717) is 37.3 Å². The predicted octanol–water partition coefficient (Wildman–Crippen LogP) is 1.55. The Bertz CT molecular complexity index is 848. The molecule has 3 aromatic heterocycles. The van der Waals surface area contributed by atoms with E-state index in [0.717, 1.165) is 5.56 Å². The zero-order chi connectivity index (χ0) is 18.2. The highest BCUT2D eigenvalue weighted by atomic mass is 32.1. The second-order valence-corrected chi connectivity index (χ2v) is 6.25. The lowest BCUT2D eigenvalue weighted by Gasteiger charge is -2.09. The smallest absolute Gasteiger partial charge is 0.252 e. The van der Waals surface area contributed by atoms with Gasteiger partial charge in [-0.2, -0.15) is 16.4 Å². The van der Waals surface area contributed by atoms with E-state index in [-0.39, 0.29) is 11.8 Å². The second kappa shape index (κ2) is 8.86. The number of hydrogen-bond donors (Lipinski definition) is 2. The van der Waals surface area contributed by atoms with Crippen molar-refractivity contribution in [2.45, 2.75) is 19.4 Å². The van der Waals surface area contributed by atoms with Crippen LogP contribution >= 0.6 is 11.3 Å². The van der Waals surface area contributed by atoms with Crippen molar-refractivity contribution in [2.75, 3.05) is 6.54 Å². The first kappa shape index (κ1) is 17.7. The molecule has 0 aliphatic rings. The lowest BCUT2D eigenvalue weighted by molar-refractivity contribution is -0.121. The Hall–Kier alpha value is -3.07. The molecule has 0 saturated carbocycles. The molecule has 2 N–H and O–H groups in total. The topological polar surface area (TPSA) is 102 Å². The quantitative estimate of drug-likeness (QED) is 0.586. The van der Waals surface area contributed by atoms with Gasteiger partial charge in [-0.3, -0.25) is 9.59 Å². The van der Waals surface area contributed by atoms with Crippen molar-refractivity contribution < 1.29 is 9.59 Å². The van der Waals surface area contributed by atoms with Crippen LogP contribution in [0.1, 0.15) is 28.8 Å². The molecule has 0 unspecified atom stereocenters. The van der Waals surface area contributed by atoms with Gasteiger partial charge in [0.05, 0.1) is 0 Å². The van der Waals surface area contributed by atoms with Gasteiger partial charge in [0.25, 0.3) is 5.91 Å². The molecule has 0 atom stereocenters. The van der Waals surface area contributed by atoms with Gasteiger partial charge in [-0.15, -0.1) is 0 Å². The highest BCUT2D eigenvalue weighted by molar-refractivity contribution is 7.08. The third kappa shape index (κ3) is 4.73. The van der Waals surface area contributed by atoms with E-state index in [4.69, 9.17) is 0 Å². The number of nitrogens with zero attached hydrogens (tertiary/aromatic N) is 4. The van der Waals surface area contributed by atoms with Crippen LogP contribution in [0.25, 0.3) is 5.82 Å². The van der Waals surface area contributed by atoms with Crippen LogP contribution in [0.3, 0.4) is 0 Å². The summed E-state index contributed by atoms with van der Waals surface area (Å²) in [6, 6.07) is 5.46. The van der Waals surface area contributed by atoms with Crippen molar-refractivity contribution in [2.24, 2.45) is 0 Å². The number of nitrogens with one attached hydrogen (secondary N) is 2. The molecule has 134 valence electrons. The molecule has 26 heavy (non-hydrogen) atoms. The van der Waals surface area contributed by atoms with E-state index in [1.807, 2.05) is 17.5 Å². The highest BCUT2D eigenvalue weighted by Crippen LogP contribution is 2.09. The van der Waals surface area contributed by atoms with E-state index < -0.39 is 0 Å². The molecule has 3 rings (SSSR count). The van der Waals surface area contributed by atoms with E-state index >= 15 is 0 Å². The summed E-state index contributed by atoms with van der Waals surface area (Å²) in [5, 5.41) is 13.4. The van der Waals surface area contributed by atoms with Gasteiger partial charge in [-0.05, 0) is 23.9 Å². The Kier molecular flexibility index (Phi) is 6.05. The summed E-state index contributed by atoms with van der Waals surface area (Å²) < 4.78 is 1.56. The maximum absolute atomic E-state index is 12.0. The van der Waals surface area contributed by atoms with Gasteiger partial charge in [0, 0.05) is 42.2 Å². The molecule has 0 aliphatic heterocycles. The first-order valence-electron chi connectivity index (χ1n) is 8.10. The van der Waals surface area contributed by atoms with Crippen LogP contribution in [-0.2, 0) is 11.3 Å². The lowest BCUT2D eigenvalue weighted by Crippen LogP contribution is -2.27. The number of rotatable bonds is 8. The molecule has 0 saturated heterocycles. The lowest BCUT2D eigenvalue weighted by atomic mass is 10.2. The van der Waals surface area contributed by atoms with E-state index in [1.54, 1.807) is 28.7 Å². The van der Waals surface area contributed by atoms with Crippen LogP contribution in [0.15, 0.2) is 47.8 Å². The minimum Gasteiger partial charge on any atom is -0.352 e. The molecular formula is C17H18N6O2S. The number of amides is 2. The number of thiophene rings is 1. The summed E-state index contributed by atoms with van der Waals surface area (Å²) in [6.07, 6.45) is 5.57. The molecule has 0 radical (unpaired) electrons. The summed E-state index contributed by atoms with van der Waals surface area (Å²) in [6.45, 7) is 0.808. The molecule has 0 bridgehead atoms. The van der Waals surface area contributed by atoms with Crippen LogP contribution in [0, 0.1) is 0 Å². The molecule has 0 aliphatic carbocycles.